The molecule has 0 heterocycles. The largest absolute Gasteiger partial charge is 0.461 e. The highest BCUT2D eigenvalue weighted by molar-refractivity contribution is 7.90. The van der Waals surface area contributed by atoms with Gasteiger partial charge in [-0.3, -0.25) is 9.59 Å². The standard InChI is InChI=1S/C22H18F18N2O8S2.C8H4Cl2O2.C7H8F9NO3S.C6H15N/c1-41(51(45,46)21(37,38)17(27,28)15(23,24)19(31,32)33)6-8-49-13(43)11-4-3-5-12(10-11)14(44)50-9-7-42(2)52(47,48)22(39,40)18(29,30)16(25,26)20(34,35)36;9-7(11)5-2-1-3-6(4-5)8(10)12;1-17(2-3-18)21(19,20)7(15,16)5(10,11)4(8,9)6(12,13)14;1-4-7(5-2)6-3/h3-5,10H,6-9H2,1-2H3;1-4H;18H,2-3H2,1H3;4-6H2,1-3H3. The number of sulfonamides is 3. The number of carbonyl (C=O) groups is 4. The van der Waals surface area contributed by atoms with E-state index >= 15 is 0 Å². The molecule has 0 aliphatic heterocycles. The van der Waals surface area contributed by atoms with Crippen LogP contribution in [0.25, 0.3) is 0 Å². The van der Waals surface area contributed by atoms with Crippen molar-refractivity contribution < 1.29 is 178 Å². The molecule has 0 spiro atoms. The molecule has 1 N–H and O–H groups in total. The SMILES string of the molecule is CCN(CC)CC.CN(CCO)S(=O)(=O)C(F)(F)C(F)(F)C(F)(F)C(F)(F)F.CN(CCOC(=O)c1cccc(C(=O)OCCN(C)S(=O)(=O)C(F)(F)C(F)(F)C(F)(F)C(F)(F)F)c1)S(=O)(=O)C(F)(F)C(F)(F)C(F)(F)C(F)(F)F.O=C(Cl)c1cccc(C(=O)Cl)c1. The van der Waals surface area contributed by atoms with Gasteiger partial charge in [0, 0.05) is 51.9 Å². The summed E-state index contributed by atoms with van der Waals surface area (Å²) in [7, 11) is -20.5. The zero-order chi connectivity index (χ0) is 73.9. The molecule has 2 aromatic carbocycles. The first-order valence-corrected chi connectivity index (χ1v) is 28.6. The van der Waals surface area contributed by atoms with Crippen LogP contribution in [0.5, 0.6) is 0 Å². The molecule has 0 unspecified atom stereocenters. The van der Waals surface area contributed by atoms with Gasteiger partial charge in [0.25, 0.3) is 40.6 Å². The molecule has 0 fully saturated rings. The maximum Gasteiger partial charge on any atom is 0.460 e. The van der Waals surface area contributed by atoms with E-state index in [4.69, 9.17) is 28.3 Å². The summed E-state index contributed by atoms with van der Waals surface area (Å²) < 4.78 is 424. The minimum Gasteiger partial charge on any atom is -0.461 e. The number of alkyl halides is 27. The molecule has 92 heavy (non-hydrogen) atoms. The Morgan fingerprint density at radius 1 is 0.402 bits per heavy atom. The molecule has 0 aromatic heterocycles. The highest BCUT2D eigenvalue weighted by Crippen LogP contribution is 2.58. The summed E-state index contributed by atoms with van der Waals surface area (Å²) in [6, 6.07) is 8.84. The lowest BCUT2D eigenvalue weighted by Gasteiger charge is -2.34. The summed E-state index contributed by atoms with van der Waals surface area (Å²) in [6.07, 6.45) is -21.8. The second kappa shape index (κ2) is 31.7. The van der Waals surface area contributed by atoms with Gasteiger partial charge in [-0.1, -0.05) is 45.0 Å². The number of carbonyl (C=O) groups excluding carboxylic acids is 4. The molecule has 0 aliphatic rings. The Balaban J connectivity index is 0. The maximum absolute atomic E-state index is 13.9. The van der Waals surface area contributed by atoms with Gasteiger partial charge in [-0.2, -0.15) is 131 Å². The molecule has 0 saturated carbocycles. The predicted molar refractivity (Wildman–Crippen MR) is 262 cm³/mol. The van der Waals surface area contributed by atoms with Gasteiger partial charge in [0.1, 0.15) is 13.2 Å². The average molecular weight is 1510 g/mol. The predicted octanol–water partition coefficient (Wildman–Crippen LogP) is 10.8. The number of esters is 2. The minimum absolute atomic E-state index is 0.0112. The van der Waals surface area contributed by atoms with Gasteiger partial charge in [-0.15, -0.1) is 0 Å². The summed E-state index contributed by atoms with van der Waals surface area (Å²) in [5, 5.41) is -13.9. The van der Waals surface area contributed by atoms with Crippen LogP contribution in [-0.4, -0.2) is 221 Å². The topological polar surface area (TPSA) is 222 Å². The van der Waals surface area contributed by atoms with Crippen molar-refractivity contribution in [1.82, 2.24) is 17.8 Å². The van der Waals surface area contributed by atoms with Crippen LogP contribution in [0.4, 0.5) is 119 Å². The molecule has 0 amide bonds. The number of aliphatic hydroxyl groups is 1. The number of halogens is 29. The summed E-state index contributed by atoms with van der Waals surface area (Å²) in [5.41, 5.74) is -0.950. The number of likely N-dealkylation sites (N-methyl/N-ethyl adjacent to an activating group) is 3. The van der Waals surface area contributed by atoms with Crippen molar-refractivity contribution in [2.24, 2.45) is 0 Å². The monoisotopic (exact) mass is 1500 g/mol. The maximum atomic E-state index is 13.9. The van der Waals surface area contributed by atoms with Crippen molar-refractivity contribution >= 4 is 75.7 Å². The second-order valence-electron chi connectivity index (χ2n) is 17.3. The Kier molecular flexibility index (Phi) is 30.7. The van der Waals surface area contributed by atoms with Crippen LogP contribution in [0.1, 0.15) is 62.2 Å². The van der Waals surface area contributed by atoms with Crippen molar-refractivity contribution in [3.05, 3.63) is 70.8 Å². The van der Waals surface area contributed by atoms with Gasteiger partial charge in [0.05, 0.1) is 17.7 Å². The van der Waals surface area contributed by atoms with E-state index in [2.05, 4.69) is 35.1 Å². The van der Waals surface area contributed by atoms with Gasteiger partial charge < -0.3 is 19.5 Å². The molecule has 0 radical (unpaired) electrons. The quantitative estimate of drug-likeness (QED) is 0.0499. The van der Waals surface area contributed by atoms with Crippen LogP contribution in [-0.2, 0) is 39.5 Å². The Hall–Kier alpha value is -4.94. The number of rotatable bonds is 27. The first-order valence-electron chi connectivity index (χ1n) is 23.5. The molecular weight excluding hydrogens is 1460 g/mol. The molecule has 0 atom stereocenters. The first-order chi connectivity index (χ1) is 40.8. The third-order valence-electron chi connectivity index (χ3n) is 11.2. The van der Waals surface area contributed by atoms with E-state index in [1.54, 1.807) is 6.07 Å². The average Bonchev–Trinajstić information content (AvgIpc) is 0.738. The van der Waals surface area contributed by atoms with E-state index < -0.39 is 186 Å². The van der Waals surface area contributed by atoms with E-state index in [1.165, 1.54) is 37.8 Å². The lowest BCUT2D eigenvalue weighted by Crippen LogP contribution is -2.65. The van der Waals surface area contributed by atoms with Crippen LogP contribution in [0, 0.1) is 0 Å². The van der Waals surface area contributed by atoms with E-state index in [-0.39, 0.29) is 32.3 Å². The number of benzene rings is 2. The number of aliphatic hydroxyl groups excluding tert-OH is 1. The fourth-order valence-electron chi connectivity index (χ4n) is 5.56. The fourth-order valence-corrected chi connectivity index (χ4v) is 9.28. The Morgan fingerprint density at radius 2 is 0.620 bits per heavy atom. The third-order valence-corrected chi connectivity index (χ3v) is 17.4. The van der Waals surface area contributed by atoms with Crippen LogP contribution in [0.15, 0.2) is 48.5 Å². The van der Waals surface area contributed by atoms with Gasteiger partial charge >= 0.3 is 81.8 Å². The number of hydrogen-bond acceptors (Lipinski definition) is 14. The van der Waals surface area contributed by atoms with Crippen LogP contribution >= 0.6 is 23.2 Å². The normalized spacial score (nSPS) is 14.0. The molecule has 0 bridgehead atoms. The summed E-state index contributed by atoms with van der Waals surface area (Å²) in [4.78, 5) is 48.0. The molecule has 2 aromatic rings. The smallest absolute Gasteiger partial charge is 0.460 e. The highest BCUT2D eigenvalue weighted by atomic mass is 35.5. The fraction of sp³-hybridized carbons (Fsp3) is 0.628. The molecular formula is C43H45Cl2F27N4O13S3. The van der Waals surface area contributed by atoms with Gasteiger partial charge in [-0.25, -0.2) is 34.8 Å². The van der Waals surface area contributed by atoms with Gasteiger partial charge in [0.15, 0.2) is 0 Å². The molecule has 17 nitrogen and oxygen atoms in total. The number of ether oxygens (including phenoxy) is 2. The zero-order valence-electron chi connectivity index (χ0n) is 46.3. The first kappa shape index (κ1) is 89.1. The summed E-state index contributed by atoms with van der Waals surface area (Å²) in [5.74, 6) is -48.0. The van der Waals surface area contributed by atoms with Gasteiger partial charge in [-0.05, 0) is 67.1 Å². The summed E-state index contributed by atoms with van der Waals surface area (Å²) >= 11 is 10.4. The van der Waals surface area contributed by atoms with E-state index in [9.17, 15) is 163 Å². The van der Waals surface area contributed by atoms with Crippen LogP contribution in [0.3, 0.4) is 0 Å². The van der Waals surface area contributed by atoms with E-state index in [0.29, 0.717) is 6.07 Å². The summed E-state index contributed by atoms with van der Waals surface area (Å²) in [6.45, 7) is 1.77. The Bertz CT molecular complexity index is 3020. The Labute approximate surface area is 511 Å². The molecule has 2 rings (SSSR count). The van der Waals surface area contributed by atoms with E-state index in [1.807, 2.05) is 0 Å². The molecule has 49 heteroatoms. The van der Waals surface area contributed by atoms with Crippen molar-refractivity contribution in [2.75, 3.05) is 80.2 Å². The van der Waals surface area contributed by atoms with E-state index in [0.717, 1.165) is 18.2 Å². The van der Waals surface area contributed by atoms with Crippen molar-refractivity contribution in [3.63, 3.8) is 0 Å². The third kappa shape index (κ3) is 19.0. The lowest BCUT2D eigenvalue weighted by atomic mass is 10.1. The zero-order valence-corrected chi connectivity index (χ0v) is 50.3. The van der Waals surface area contributed by atoms with Crippen molar-refractivity contribution in [3.8, 4) is 0 Å². The van der Waals surface area contributed by atoms with Crippen molar-refractivity contribution in [1.29, 1.82) is 0 Å². The molecule has 0 saturated heterocycles. The second-order valence-corrected chi connectivity index (χ2v) is 24.2. The lowest BCUT2D eigenvalue weighted by molar-refractivity contribution is -0.382. The molecule has 0 aliphatic carbocycles. The highest BCUT2D eigenvalue weighted by Gasteiger charge is 2.88. The molecule has 536 valence electrons. The van der Waals surface area contributed by atoms with Crippen molar-refractivity contribution in [2.45, 2.75) is 90.6 Å². The van der Waals surface area contributed by atoms with Crippen LogP contribution < -0.4 is 0 Å². The Morgan fingerprint density at radius 3 is 0.815 bits per heavy atom. The minimum atomic E-state index is -7.56. The number of hydrogen-bond donors (Lipinski definition) is 1. The van der Waals surface area contributed by atoms with Crippen LogP contribution in [0.2, 0.25) is 0 Å². The van der Waals surface area contributed by atoms with Gasteiger partial charge in [0.2, 0.25) is 0 Å². The number of nitrogens with zero attached hydrogens (tertiary/aromatic N) is 4.